The number of halogens is 1. The first-order valence-electron chi connectivity index (χ1n) is 14.0. The molecular formula is C33H36FN3O5. The van der Waals surface area contributed by atoms with Crippen LogP contribution in [-0.2, 0) is 17.9 Å². The minimum Gasteiger partial charge on any atom is -0.481 e. The molecule has 8 nitrogen and oxygen atoms in total. The fraction of sp³-hybridized carbons (Fsp3) is 0.303. The Bertz CT molecular complexity index is 1480. The first-order valence-corrected chi connectivity index (χ1v) is 14.0. The van der Waals surface area contributed by atoms with Crippen LogP contribution in [0.2, 0.25) is 0 Å². The molecule has 1 aromatic heterocycles. The maximum atomic E-state index is 13.7. The number of carboxylic acid groups (broad SMARTS) is 1. The van der Waals surface area contributed by atoms with E-state index in [4.69, 9.17) is 10.1 Å². The highest BCUT2D eigenvalue weighted by Crippen LogP contribution is 2.29. The lowest BCUT2D eigenvalue weighted by atomic mass is 10.0. The predicted molar refractivity (Wildman–Crippen MR) is 158 cm³/mol. The molecule has 4 N–H and O–H groups in total. The third-order valence-corrected chi connectivity index (χ3v) is 7.03. The molecule has 4 rings (SSSR count). The van der Waals surface area contributed by atoms with Gasteiger partial charge in [0.1, 0.15) is 17.3 Å². The van der Waals surface area contributed by atoms with Crippen LogP contribution in [0.25, 0.3) is 22.5 Å². The van der Waals surface area contributed by atoms with Gasteiger partial charge in [-0.1, -0.05) is 68.4 Å². The van der Waals surface area contributed by atoms with Crippen molar-refractivity contribution in [3.63, 3.8) is 0 Å². The lowest BCUT2D eigenvalue weighted by molar-refractivity contribution is -0.139. The minimum absolute atomic E-state index is 0.0969. The fourth-order valence-electron chi connectivity index (χ4n) is 4.97. The number of rotatable bonds is 13. The van der Waals surface area contributed by atoms with Crippen LogP contribution in [0, 0.1) is 5.82 Å². The average molecular weight is 574 g/mol. The minimum atomic E-state index is -1.18. The number of aliphatic hydroxyl groups excluding tert-OH is 2. The number of carboxylic acids is 1. The number of aliphatic carboxylic acids is 1. The van der Waals surface area contributed by atoms with Crippen LogP contribution in [0.3, 0.4) is 0 Å². The normalized spacial score (nSPS) is 12.7. The van der Waals surface area contributed by atoms with Crippen molar-refractivity contribution >= 4 is 11.9 Å². The van der Waals surface area contributed by atoms with Crippen LogP contribution >= 0.6 is 0 Å². The van der Waals surface area contributed by atoms with Crippen molar-refractivity contribution in [1.82, 2.24) is 14.9 Å². The first kappa shape index (κ1) is 30.6. The largest absolute Gasteiger partial charge is 0.481 e. The quantitative estimate of drug-likeness (QED) is 0.170. The molecule has 0 spiro atoms. The molecule has 1 amide bonds. The summed E-state index contributed by atoms with van der Waals surface area (Å²) in [6, 6.07) is 23.8. The summed E-state index contributed by atoms with van der Waals surface area (Å²) in [7, 11) is 0. The van der Waals surface area contributed by atoms with Crippen molar-refractivity contribution in [3.05, 3.63) is 102 Å². The van der Waals surface area contributed by atoms with Crippen LogP contribution < -0.4 is 5.32 Å². The molecule has 0 fully saturated rings. The number of amides is 1. The van der Waals surface area contributed by atoms with Gasteiger partial charge in [-0.2, -0.15) is 0 Å². The van der Waals surface area contributed by atoms with Gasteiger partial charge >= 0.3 is 5.97 Å². The second-order valence-corrected chi connectivity index (χ2v) is 10.7. The second-order valence-electron chi connectivity index (χ2n) is 10.7. The SMILES string of the molecule is CC(C)c1c(C(=O)NCc2ccc(-c3ccccc3)cc2)nc(-c2ccc(F)cc2)n1CC[C@@H](O)C[C@@H](O)CC(=O)O. The number of imidazole rings is 1. The Hall–Kier alpha value is -4.34. The zero-order valence-corrected chi connectivity index (χ0v) is 23.7. The van der Waals surface area contributed by atoms with Gasteiger partial charge < -0.3 is 25.2 Å². The summed E-state index contributed by atoms with van der Waals surface area (Å²) in [4.78, 5) is 29.1. The number of hydrogen-bond acceptors (Lipinski definition) is 5. The van der Waals surface area contributed by atoms with Gasteiger partial charge in [0, 0.05) is 18.7 Å². The van der Waals surface area contributed by atoms with Crippen molar-refractivity contribution in [2.45, 2.75) is 64.3 Å². The molecule has 42 heavy (non-hydrogen) atoms. The summed E-state index contributed by atoms with van der Waals surface area (Å²) in [6.07, 6.45) is -2.52. The highest BCUT2D eigenvalue weighted by molar-refractivity contribution is 5.94. The summed E-state index contributed by atoms with van der Waals surface area (Å²) in [5.41, 5.74) is 4.61. The van der Waals surface area contributed by atoms with Gasteiger partial charge in [0.25, 0.3) is 5.91 Å². The molecule has 3 aromatic carbocycles. The molecule has 0 unspecified atom stereocenters. The van der Waals surface area contributed by atoms with Gasteiger partial charge in [-0.3, -0.25) is 9.59 Å². The summed E-state index contributed by atoms with van der Waals surface area (Å²) in [6.45, 7) is 4.43. The van der Waals surface area contributed by atoms with Gasteiger partial charge in [-0.25, -0.2) is 9.37 Å². The molecule has 220 valence electrons. The number of carbonyl (C=O) groups excluding carboxylic acids is 1. The van der Waals surface area contributed by atoms with E-state index in [0.717, 1.165) is 16.7 Å². The van der Waals surface area contributed by atoms with Gasteiger partial charge in [0.15, 0.2) is 0 Å². The smallest absolute Gasteiger partial charge is 0.305 e. The van der Waals surface area contributed by atoms with Crippen LogP contribution in [-0.4, -0.2) is 49.0 Å². The Balaban J connectivity index is 1.56. The molecule has 0 saturated heterocycles. The Morgan fingerprint density at radius 3 is 2.12 bits per heavy atom. The van der Waals surface area contributed by atoms with E-state index in [9.17, 15) is 24.2 Å². The van der Waals surface area contributed by atoms with E-state index < -0.39 is 30.4 Å². The summed E-state index contributed by atoms with van der Waals surface area (Å²) in [5, 5.41) is 32.3. The highest BCUT2D eigenvalue weighted by atomic mass is 19.1. The molecule has 0 saturated carbocycles. The standard InChI is InChI=1S/C33H36FN3O5/c1-21(2)31-30(33(42)35-20-22-8-10-24(11-9-22)23-6-4-3-5-7-23)36-32(25-12-14-26(34)15-13-25)37(31)17-16-27(38)18-28(39)19-29(40)41/h3-15,21,27-28,38-39H,16-20H2,1-2H3,(H,35,42)(H,40,41)/t27-,28-/m1/s1. The van der Waals surface area contributed by atoms with Crippen molar-refractivity contribution < 1.29 is 29.3 Å². The topological polar surface area (TPSA) is 125 Å². The van der Waals surface area contributed by atoms with Gasteiger partial charge in [0.05, 0.1) is 24.3 Å². The van der Waals surface area contributed by atoms with Crippen LogP contribution in [0.4, 0.5) is 4.39 Å². The molecule has 0 bridgehead atoms. The lowest BCUT2D eigenvalue weighted by Crippen LogP contribution is -2.25. The molecule has 0 aliphatic heterocycles. The lowest BCUT2D eigenvalue weighted by Gasteiger charge is -2.19. The number of nitrogens with zero attached hydrogens (tertiary/aromatic N) is 2. The zero-order chi connectivity index (χ0) is 30.2. The maximum Gasteiger partial charge on any atom is 0.305 e. The van der Waals surface area contributed by atoms with Crippen LogP contribution in [0.15, 0.2) is 78.9 Å². The monoisotopic (exact) mass is 573 g/mol. The van der Waals surface area contributed by atoms with Crippen molar-refractivity contribution in [3.8, 4) is 22.5 Å². The predicted octanol–water partition coefficient (Wildman–Crippen LogP) is 5.39. The molecule has 4 aromatic rings. The Morgan fingerprint density at radius 1 is 0.881 bits per heavy atom. The third kappa shape index (κ3) is 7.90. The van der Waals surface area contributed by atoms with Crippen LogP contribution in [0.1, 0.15) is 60.8 Å². The van der Waals surface area contributed by atoms with Crippen LogP contribution in [0.5, 0.6) is 0 Å². The van der Waals surface area contributed by atoms with E-state index in [1.165, 1.54) is 12.1 Å². The number of aromatic nitrogens is 2. The van der Waals surface area contributed by atoms with E-state index in [2.05, 4.69) is 5.32 Å². The van der Waals surface area contributed by atoms with Crippen molar-refractivity contribution in [2.75, 3.05) is 0 Å². The fourth-order valence-corrected chi connectivity index (χ4v) is 4.97. The molecule has 0 aliphatic carbocycles. The Labute approximate surface area is 244 Å². The summed E-state index contributed by atoms with van der Waals surface area (Å²) in [5.74, 6) is -1.57. The van der Waals surface area contributed by atoms with E-state index in [1.807, 2.05) is 73.0 Å². The second kappa shape index (κ2) is 14.0. The third-order valence-electron chi connectivity index (χ3n) is 7.03. The molecule has 1 heterocycles. The van der Waals surface area contributed by atoms with Crippen molar-refractivity contribution in [2.24, 2.45) is 0 Å². The number of carbonyl (C=O) groups is 2. The van der Waals surface area contributed by atoms with E-state index in [-0.39, 0.29) is 36.9 Å². The van der Waals surface area contributed by atoms with Gasteiger partial charge in [-0.15, -0.1) is 0 Å². The number of nitrogens with one attached hydrogen (secondary N) is 1. The molecular weight excluding hydrogens is 537 g/mol. The Kier molecular flexibility index (Phi) is 10.2. The van der Waals surface area contributed by atoms with Gasteiger partial charge in [-0.05, 0) is 59.7 Å². The molecule has 9 heteroatoms. The van der Waals surface area contributed by atoms with E-state index >= 15 is 0 Å². The summed E-state index contributed by atoms with van der Waals surface area (Å²) < 4.78 is 15.5. The maximum absolute atomic E-state index is 13.7. The molecule has 0 aliphatic rings. The average Bonchev–Trinajstić information content (AvgIpc) is 3.35. The zero-order valence-electron chi connectivity index (χ0n) is 23.7. The van der Waals surface area contributed by atoms with E-state index in [1.54, 1.807) is 12.1 Å². The first-order chi connectivity index (χ1) is 20.1. The van der Waals surface area contributed by atoms with Crippen molar-refractivity contribution in [1.29, 1.82) is 0 Å². The number of benzene rings is 3. The number of hydrogen-bond donors (Lipinski definition) is 4. The van der Waals surface area contributed by atoms with Gasteiger partial charge in [0.2, 0.25) is 0 Å². The molecule has 0 radical (unpaired) electrons. The Morgan fingerprint density at radius 2 is 1.50 bits per heavy atom. The summed E-state index contributed by atoms with van der Waals surface area (Å²) >= 11 is 0. The molecule has 2 atom stereocenters. The number of aliphatic hydroxyl groups is 2. The highest BCUT2D eigenvalue weighted by Gasteiger charge is 2.26. The van der Waals surface area contributed by atoms with E-state index in [0.29, 0.717) is 23.6 Å².